The summed E-state index contributed by atoms with van der Waals surface area (Å²) < 4.78 is 13.7. The fourth-order valence-electron chi connectivity index (χ4n) is 2.49. The van der Waals surface area contributed by atoms with Crippen LogP contribution in [0.4, 0.5) is 9.18 Å². The first-order chi connectivity index (χ1) is 10.9. The predicted octanol–water partition coefficient (Wildman–Crippen LogP) is 2.95. The maximum atomic E-state index is 13.2. The molecule has 1 unspecified atom stereocenters. The van der Waals surface area contributed by atoms with Crippen LogP contribution in [-0.4, -0.2) is 21.8 Å². The van der Waals surface area contributed by atoms with E-state index in [0.717, 1.165) is 4.90 Å². The van der Waals surface area contributed by atoms with E-state index in [4.69, 9.17) is 0 Å². The molecular formula is C16H13BrFN3O2. The molecule has 1 aliphatic heterocycles. The van der Waals surface area contributed by atoms with E-state index >= 15 is 0 Å². The van der Waals surface area contributed by atoms with Crippen LogP contribution in [0.5, 0.6) is 0 Å². The van der Waals surface area contributed by atoms with Crippen molar-refractivity contribution in [3.63, 3.8) is 0 Å². The number of nitrogens with one attached hydrogen (secondary N) is 1. The molecule has 1 atom stereocenters. The molecule has 23 heavy (non-hydrogen) atoms. The average Bonchev–Trinajstić information content (AvgIpc) is 2.75. The van der Waals surface area contributed by atoms with Crippen molar-refractivity contribution in [2.75, 3.05) is 0 Å². The van der Waals surface area contributed by atoms with Gasteiger partial charge in [0.05, 0.1) is 12.2 Å². The van der Waals surface area contributed by atoms with Crippen molar-refractivity contribution in [3.8, 4) is 0 Å². The highest BCUT2D eigenvalue weighted by molar-refractivity contribution is 9.10. The Morgan fingerprint density at radius 2 is 2.09 bits per heavy atom. The Labute approximate surface area is 140 Å². The molecule has 0 aliphatic carbocycles. The summed E-state index contributed by atoms with van der Waals surface area (Å²) in [6.07, 6.45) is 1.57. The molecule has 1 aromatic heterocycles. The third-order valence-electron chi connectivity index (χ3n) is 3.80. The van der Waals surface area contributed by atoms with E-state index in [0.29, 0.717) is 15.7 Å². The topological polar surface area (TPSA) is 62.3 Å². The molecule has 7 heteroatoms. The highest BCUT2D eigenvalue weighted by Crippen LogP contribution is 2.29. The summed E-state index contributed by atoms with van der Waals surface area (Å²) in [6.45, 7) is 1.67. The molecule has 1 N–H and O–H groups in total. The minimum absolute atomic E-state index is 0.0496. The zero-order valence-corrected chi connectivity index (χ0v) is 13.8. The largest absolute Gasteiger partial charge is 0.325 e. The van der Waals surface area contributed by atoms with E-state index in [-0.39, 0.29) is 6.54 Å². The maximum Gasteiger partial charge on any atom is 0.325 e. The Kier molecular flexibility index (Phi) is 3.89. The number of rotatable bonds is 3. The lowest BCUT2D eigenvalue weighted by Gasteiger charge is -2.21. The fourth-order valence-corrected chi connectivity index (χ4v) is 2.97. The maximum absolute atomic E-state index is 13.2. The Balaban J connectivity index is 1.90. The van der Waals surface area contributed by atoms with Gasteiger partial charge in [-0.2, -0.15) is 0 Å². The average molecular weight is 378 g/mol. The quantitative estimate of drug-likeness (QED) is 0.836. The number of carbonyl (C=O) groups is 2. The van der Waals surface area contributed by atoms with Crippen molar-refractivity contribution in [1.29, 1.82) is 0 Å². The Hall–Kier alpha value is -2.28. The number of amides is 3. The van der Waals surface area contributed by atoms with Crippen LogP contribution in [0.25, 0.3) is 0 Å². The van der Waals surface area contributed by atoms with Gasteiger partial charge in [0.25, 0.3) is 5.91 Å². The van der Waals surface area contributed by atoms with Gasteiger partial charge in [-0.1, -0.05) is 28.1 Å². The molecule has 1 aromatic carbocycles. The fraction of sp³-hybridized carbons (Fsp3) is 0.188. The zero-order valence-electron chi connectivity index (χ0n) is 12.2. The van der Waals surface area contributed by atoms with Crippen molar-refractivity contribution in [3.05, 3.63) is 64.1 Å². The minimum atomic E-state index is -1.20. The van der Waals surface area contributed by atoms with Crippen LogP contribution in [0.2, 0.25) is 0 Å². The lowest BCUT2D eigenvalue weighted by Crippen LogP contribution is -2.41. The van der Waals surface area contributed by atoms with Crippen molar-refractivity contribution in [1.82, 2.24) is 15.2 Å². The molecule has 2 heterocycles. The van der Waals surface area contributed by atoms with Gasteiger partial charge in [0.1, 0.15) is 5.82 Å². The highest BCUT2D eigenvalue weighted by atomic mass is 79.9. The van der Waals surface area contributed by atoms with E-state index in [1.807, 2.05) is 0 Å². The molecule has 0 bridgehead atoms. The second-order valence-corrected chi connectivity index (χ2v) is 6.25. The number of carbonyl (C=O) groups excluding carboxylic acids is 2. The SMILES string of the molecule is CC1(c2ccccn2)NC(=O)N(Cc2ccc(F)cc2Br)C1=O. The van der Waals surface area contributed by atoms with Crippen LogP contribution in [0.1, 0.15) is 18.2 Å². The Bertz CT molecular complexity index is 784. The first-order valence-corrected chi connectivity index (χ1v) is 7.70. The van der Waals surface area contributed by atoms with E-state index in [1.165, 1.54) is 18.2 Å². The van der Waals surface area contributed by atoms with Crippen molar-refractivity contribution < 1.29 is 14.0 Å². The van der Waals surface area contributed by atoms with Gasteiger partial charge in [0.2, 0.25) is 0 Å². The summed E-state index contributed by atoms with van der Waals surface area (Å²) in [7, 11) is 0. The van der Waals surface area contributed by atoms with E-state index < -0.39 is 23.3 Å². The van der Waals surface area contributed by atoms with E-state index in [2.05, 4.69) is 26.2 Å². The number of halogens is 2. The molecule has 0 saturated carbocycles. The van der Waals surface area contributed by atoms with Gasteiger partial charge in [-0.05, 0) is 36.8 Å². The third kappa shape index (κ3) is 2.72. The molecule has 5 nitrogen and oxygen atoms in total. The van der Waals surface area contributed by atoms with Gasteiger partial charge in [-0.3, -0.25) is 14.7 Å². The van der Waals surface area contributed by atoms with Gasteiger partial charge in [0, 0.05) is 10.7 Å². The monoisotopic (exact) mass is 377 g/mol. The second kappa shape index (κ2) is 5.73. The zero-order chi connectivity index (χ0) is 16.6. The number of urea groups is 1. The van der Waals surface area contributed by atoms with Gasteiger partial charge in [-0.25, -0.2) is 9.18 Å². The lowest BCUT2D eigenvalue weighted by molar-refractivity contribution is -0.131. The molecule has 0 spiro atoms. The number of hydrogen-bond donors (Lipinski definition) is 1. The van der Waals surface area contributed by atoms with Crippen molar-refractivity contribution in [2.24, 2.45) is 0 Å². The van der Waals surface area contributed by atoms with Gasteiger partial charge < -0.3 is 5.32 Å². The second-order valence-electron chi connectivity index (χ2n) is 5.40. The molecular weight excluding hydrogens is 365 g/mol. The molecule has 3 rings (SSSR count). The summed E-state index contributed by atoms with van der Waals surface area (Å²) in [5.41, 5.74) is -0.0932. The molecule has 1 fully saturated rings. The Morgan fingerprint density at radius 3 is 2.74 bits per heavy atom. The first kappa shape index (κ1) is 15.6. The standard InChI is InChI=1S/C16H13BrFN3O2/c1-16(13-4-2-3-7-19-13)14(22)21(15(23)20-16)9-10-5-6-11(18)8-12(10)17/h2-8H,9H2,1H3,(H,20,23). The number of aromatic nitrogens is 1. The number of nitrogens with zero attached hydrogens (tertiary/aromatic N) is 2. The van der Waals surface area contributed by atoms with Crippen LogP contribution < -0.4 is 5.32 Å². The van der Waals surface area contributed by atoms with Crippen molar-refractivity contribution >= 4 is 27.9 Å². The Morgan fingerprint density at radius 1 is 1.30 bits per heavy atom. The summed E-state index contributed by atoms with van der Waals surface area (Å²) >= 11 is 3.25. The smallest absolute Gasteiger partial charge is 0.318 e. The molecule has 1 saturated heterocycles. The summed E-state index contributed by atoms with van der Waals surface area (Å²) in [5.74, 6) is -0.784. The number of imide groups is 1. The first-order valence-electron chi connectivity index (χ1n) is 6.91. The van der Waals surface area contributed by atoms with Gasteiger partial charge in [0.15, 0.2) is 5.54 Å². The number of benzene rings is 1. The van der Waals surface area contributed by atoms with E-state index in [1.54, 1.807) is 31.3 Å². The van der Waals surface area contributed by atoms with Crippen LogP contribution in [0, 0.1) is 5.82 Å². The van der Waals surface area contributed by atoms with Crippen molar-refractivity contribution in [2.45, 2.75) is 19.0 Å². The van der Waals surface area contributed by atoms with Crippen LogP contribution in [0.3, 0.4) is 0 Å². The molecule has 0 radical (unpaired) electrons. The molecule has 1 aliphatic rings. The lowest BCUT2D eigenvalue weighted by atomic mass is 9.97. The van der Waals surface area contributed by atoms with E-state index in [9.17, 15) is 14.0 Å². The van der Waals surface area contributed by atoms with Gasteiger partial charge in [-0.15, -0.1) is 0 Å². The molecule has 2 aromatic rings. The summed E-state index contributed by atoms with van der Waals surface area (Å²) in [4.78, 5) is 30.2. The van der Waals surface area contributed by atoms with Crippen LogP contribution in [0.15, 0.2) is 47.1 Å². The normalized spacial score (nSPS) is 20.7. The predicted molar refractivity (Wildman–Crippen MR) is 84.8 cm³/mol. The number of pyridine rings is 1. The molecule has 118 valence electrons. The summed E-state index contributed by atoms with van der Waals surface area (Å²) in [6, 6.07) is 8.81. The summed E-state index contributed by atoms with van der Waals surface area (Å²) in [5, 5.41) is 2.68. The minimum Gasteiger partial charge on any atom is -0.318 e. The van der Waals surface area contributed by atoms with Crippen LogP contribution in [-0.2, 0) is 16.9 Å². The number of hydrogen-bond acceptors (Lipinski definition) is 3. The van der Waals surface area contributed by atoms with Crippen LogP contribution >= 0.6 is 15.9 Å². The molecule has 3 amide bonds. The van der Waals surface area contributed by atoms with Gasteiger partial charge >= 0.3 is 6.03 Å². The third-order valence-corrected chi connectivity index (χ3v) is 4.53. The highest BCUT2D eigenvalue weighted by Gasteiger charge is 2.49.